The Morgan fingerprint density at radius 2 is 1.55 bits per heavy atom. The minimum atomic E-state index is -0.946. The molecule has 1 amide bonds. The van der Waals surface area contributed by atoms with Gasteiger partial charge in [-0.3, -0.25) is 4.79 Å². The van der Waals surface area contributed by atoms with E-state index in [1.54, 1.807) is 4.90 Å². The molecule has 0 saturated heterocycles. The van der Waals surface area contributed by atoms with Crippen LogP contribution in [-0.4, -0.2) is 27.9 Å². The normalized spacial score (nSPS) is 15.4. The monoisotopic (exact) mass is 441 g/mol. The number of amides is 1. The fourth-order valence-corrected chi connectivity index (χ4v) is 5.07. The second kappa shape index (κ2) is 10.0. The fraction of sp³-hybridized carbons (Fsp3) is 0.310. The Kier molecular flexibility index (Phi) is 6.93. The third-order valence-electron chi connectivity index (χ3n) is 6.70. The zero-order valence-electron chi connectivity index (χ0n) is 19.3. The summed E-state index contributed by atoms with van der Waals surface area (Å²) >= 11 is 0. The van der Waals surface area contributed by atoms with Crippen LogP contribution in [0.2, 0.25) is 0 Å². The summed E-state index contributed by atoms with van der Waals surface area (Å²) in [4.78, 5) is 28.0. The quantitative estimate of drug-likeness (QED) is 0.536. The first-order chi connectivity index (χ1) is 16.0. The van der Waals surface area contributed by atoms with Crippen LogP contribution in [0, 0.1) is 0 Å². The molecule has 3 aromatic carbocycles. The first kappa shape index (κ1) is 22.8. The highest BCUT2D eigenvalue weighted by Gasteiger charge is 2.39. The van der Waals surface area contributed by atoms with Crippen molar-refractivity contribution in [3.63, 3.8) is 0 Å². The summed E-state index contributed by atoms with van der Waals surface area (Å²) in [6.07, 6.45) is 3.22. The first-order valence-electron chi connectivity index (χ1n) is 11.8. The van der Waals surface area contributed by atoms with E-state index < -0.39 is 17.9 Å². The number of fused-ring (bicyclic) bond motifs is 1. The molecule has 1 heterocycles. The highest BCUT2D eigenvalue weighted by molar-refractivity contribution is 5.91. The smallest absolute Gasteiger partial charge is 0.326 e. The lowest BCUT2D eigenvalue weighted by atomic mass is 9.83. The highest BCUT2D eigenvalue weighted by atomic mass is 16.4. The number of rotatable bonds is 7. The zero-order valence-corrected chi connectivity index (χ0v) is 19.3. The van der Waals surface area contributed by atoms with Gasteiger partial charge in [0.25, 0.3) is 0 Å². The molecular formula is C29H31NO3. The lowest BCUT2D eigenvalue weighted by Gasteiger charge is -2.38. The van der Waals surface area contributed by atoms with E-state index in [9.17, 15) is 14.7 Å². The number of carbonyl (C=O) groups excluding carboxylic acids is 1. The first-order valence-corrected chi connectivity index (χ1v) is 11.8. The third kappa shape index (κ3) is 4.56. The predicted molar refractivity (Wildman–Crippen MR) is 130 cm³/mol. The maximum atomic E-state index is 14.0. The Balaban J connectivity index is 1.78. The summed E-state index contributed by atoms with van der Waals surface area (Å²) in [5.41, 5.74) is 6.50. The summed E-state index contributed by atoms with van der Waals surface area (Å²) in [7, 11) is 0. The van der Waals surface area contributed by atoms with Crippen LogP contribution >= 0.6 is 0 Å². The molecular weight excluding hydrogens is 410 g/mol. The largest absolute Gasteiger partial charge is 0.480 e. The lowest BCUT2D eigenvalue weighted by Crippen LogP contribution is -2.50. The van der Waals surface area contributed by atoms with Gasteiger partial charge in [-0.25, -0.2) is 4.79 Å². The van der Waals surface area contributed by atoms with Crippen LogP contribution in [0.1, 0.15) is 59.6 Å². The lowest BCUT2D eigenvalue weighted by molar-refractivity contribution is -0.151. The number of aryl methyl sites for hydroxylation is 1. The molecule has 4 rings (SSSR count). The van der Waals surface area contributed by atoms with Gasteiger partial charge in [0.1, 0.15) is 6.04 Å². The molecule has 0 fully saturated rings. The maximum Gasteiger partial charge on any atom is 0.326 e. The topological polar surface area (TPSA) is 57.6 Å². The number of nitrogens with zero attached hydrogens (tertiary/aromatic N) is 1. The third-order valence-corrected chi connectivity index (χ3v) is 6.70. The van der Waals surface area contributed by atoms with Crippen LogP contribution in [0.3, 0.4) is 0 Å². The zero-order chi connectivity index (χ0) is 23.4. The standard InChI is InChI=1S/C29H31NO3/c1-3-11-24-20(4-2)16-17-23-19-30(26(29(32)33)18-25(23)24)28(31)27(21-12-7-5-8-13-21)22-14-9-6-10-15-22/h5-10,12-17,26-27H,3-4,11,18-19H2,1-2H3,(H,32,33). The van der Waals surface area contributed by atoms with Gasteiger partial charge in [-0.1, -0.05) is 93.1 Å². The number of carbonyl (C=O) groups is 2. The second-order valence-corrected chi connectivity index (χ2v) is 8.72. The minimum absolute atomic E-state index is 0.165. The maximum absolute atomic E-state index is 14.0. The van der Waals surface area contributed by atoms with Crippen molar-refractivity contribution in [2.24, 2.45) is 0 Å². The molecule has 1 N–H and O–H groups in total. The molecule has 170 valence electrons. The Bertz CT molecular complexity index is 1080. The summed E-state index contributed by atoms with van der Waals surface area (Å²) in [6, 6.07) is 22.7. The average Bonchev–Trinajstić information content (AvgIpc) is 2.85. The van der Waals surface area contributed by atoms with E-state index in [4.69, 9.17) is 0 Å². The molecule has 0 aromatic heterocycles. The van der Waals surface area contributed by atoms with Gasteiger partial charge in [0, 0.05) is 13.0 Å². The van der Waals surface area contributed by atoms with Crippen molar-refractivity contribution in [1.29, 1.82) is 0 Å². The van der Waals surface area contributed by atoms with Crippen LogP contribution in [0.5, 0.6) is 0 Å². The van der Waals surface area contributed by atoms with Crippen molar-refractivity contribution < 1.29 is 14.7 Å². The van der Waals surface area contributed by atoms with Crippen molar-refractivity contribution in [2.45, 2.75) is 58.0 Å². The predicted octanol–water partition coefficient (Wildman–Crippen LogP) is 5.37. The molecule has 1 atom stereocenters. The molecule has 0 radical (unpaired) electrons. The van der Waals surface area contributed by atoms with Crippen LogP contribution in [0.4, 0.5) is 0 Å². The second-order valence-electron chi connectivity index (χ2n) is 8.72. The number of carboxylic acids is 1. The molecule has 1 aliphatic rings. The summed E-state index contributed by atoms with van der Waals surface area (Å²) in [5.74, 6) is -1.65. The highest BCUT2D eigenvalue weighted by Crippen LogP contribution is 2.34. The number of hydrogen-bond acceptors (Lipinski definition) is 2. The number of benzene rings is 3. The van der Waals surface area contributed by atoms with Gasteiger partial charge in [0.2, 0.25) is 5.91 Å². The molecule has 0 spiro atoms. The van der Waals surface area contributed by atoms with Gasteiger partial charge in [0.05, 0.1) is 5.92 Å². The van der Waals surface area contributed by atoms with E-state index >= 15 is 0 Å². The number of aliphatic carboxylic acids is 1. The van der Waals surface area contributed by atoms with Crippen LogP contribution in [0.25, 0.3) is 0 Å². The Morgan fingerprint density at radius 1 is 0.939 bits per heavy atom. The van der Waals surface area contributed by atoms with E-state index in [-0.39, 0.29) is 5.91 Å². The molecule has 3 aromatic rings. The summed E-state index contributed by atoms with van der Waals surface area (Å²) in [6.45, 7) is 4.61. The molecule has 0 bridgehead atoms. The van der Waals surface area contributed by atoms with Crippen molar-refractivity contribution in [3.8, 4) is 0 Å². The molecule has 4 heteroatoms. The summed E-state index contributed by atoms with van der Waals surface area (Å²) in [5, 5.41) is 10.2. The molecule has 1 unspecified atom stereocenters. The van der Waals surface area contributed by atoms with Crippen LogP contribution < -0.4 is 0 Å². The van der Waals surface area contributed by atoms with Gasteiger partial charge in [0.15, 0.2) is 0 Å². The van der Waals surface area contributed by atoms with Crippen molar-refractivity contribution in [2.75, 3.05) is 0 Å². The van der Waals surface area contributed by atoms with E-state index in [1.807, 2.05) is 60.7 Å². The van der Waals surface area contributed by atoms with E-state index in [0.717, 1.165) is 41.5 Å². The van der Waals surface area contributed by atoms with E-state index in [0.29, 0.717) is 13.0 Å². The summed E-state index contributed by atoms with van der Waals surface area (Å²) < 4.78 is 0. The van der Waals surface area contributed by atoms with E-state index in [2.05, 4.69) is 26.0 Å². The van der Waals surface area contributed by atoms with Gasteiger partial charge in [-0.15, -0.1) is 0 Å². The SMILES string of the molecule is CCCc1c(CC)ccc2c1CC(C(=O)O)N(C(=O)C(c1ccccc1)c1ccccc1)C2. The number of carboxylic acid groups (broad SMARTS) is 1. The van der Waals surface area contributed by atoms with Crippen LogP contribution in [-0.2, 0) is 35.4 Å². The van der Waals surface area contributed by atoms with Crippen molar-refractivity contribution in [3.05, 3.63) is 106 Å². The van der Waals surface area contributed by atoms with Gasteiger partial charge >= 0.3 is 5.97 Å². The van der Waals surface area contributed by atoms with Crippen molar-refractivity contribution in [1.82, 2.24) is 4.90 Å². The van der Waals surface area contributed by atoms with E-state index in [1.165, 1.54) is 11.1 Å². The number of hydrogen-bond donors (Lipinski definition) is 1. The van der Waals surface area contributed by atoms with Crippen LogP contribution in [0.15, 0.2) is 72.8 Å². The van der Waals surface area contributed by atoms with Crippen molar-refractivity contribution >= 4 is 11.9 Å². The molecule has 0 aliphatic carbocycles. The van der Waals surface area contributed by atoms with Gasteiger partial charge in [-0.05, 0) is 46.2 Å². The van der Waals surface area contributed by atoms with Gasteiger partial charge in [-0.2, -0.15) is 0 Å². The minimum Gasteiger partial charge on any atom is -0.480 e. The molecule has 0 saturated carbocycles. The molecule has 33 heavy (non-hydrogen) atoms. The molecule has 1 aliphatic heterocycles. The van der Waals surface area contributed by atoms with Gasteiger partial charge < -0.3 is 10.0 Å². The Labute approximate surface area is 195 Å². The Hall–Kier alpha value is -3.40. The molecule has 4 nitrogen and oxygen atoms in total. The fourth-order valence-electron chi connectivity index (χ4n) is 5.07. The average molecular weight is 442 g/mol. The Morgan fingerprint density at radius 3 is 2.06 bits per heavy atom.